The van der Waals surface area contributed by atoms with Crippen LogP contribution >= 0.6 is 0 Å². The smallest absolute Gasteiger partial charge is 0.250 e. The molecule has 0 saturated carbocycles. The molecule has 126 valence electrons. The topological polar surface area (TPSA) is 89.5 Å². The van der Waals surface area contributed by atoms with E-state index in [4.69, 9.17) is 9.47 Å². The lowest BCUT2D eigenvalue weighted by Crippen LogP contribution is -2.20. The predicted molar refractivity (Wildman–Crippen MR) is 90.1 cm³/mol. The number of rotatable bonds is 7. The lowest BCUT2D eigenvalue weighted by molar-refractivity contribution is -0.119. The zero-order valence-electron chi connectivity index (χ0n) is 13.5. The highest BCUT2D eigenvalue weighted by Gasteiger charge is 2.12. The number of ether oxygens (including phenoxy) is 2. The summed E-state index contributed by atoms with van der Waals surface area (Å²) < 4.78 is 9.95. The molecule has 2 aromatic rings. The summed E-state index contributed by atoms with van der Waals surface area (Å²) in [5.74, 6) is 0.0281. The van der Waals surface area contributed by atoms with Crippen LogP contribution in [-0.2, 0) is 20.7 Å². The molecule has 0 aliphatic heterocycles. The van der Waals surface area contributed by atoms with Crippen LogP contribution in [0.25, 0.3) is 0 Å². The van der Waals surface area contributed by atoms with Crippen LogP contribution in [0.3, 0.4) is 0 Å². The van der Waals surface area contributed by atoms with Gasteiger partial charge in [-0.25, -0.2) is 0 Å². The van der Waals surface area contributed by atoms with Gasteiger partial charge < -0.3 is 20.1 Å². The van der Waals surface area contributed by atoms with Gasteiger partial charge in [0.25, 0.3) is 0 Å². The third kappa shape index (κ3) is 5.06. The van der Waals surface area contributed by atoms with Crippen molar-refractivity contribution in [3.8, 4) is 5.75 Å². The fourth-order valence-electron chi connectivity index (χ4n) is 2.06. The molecule has 0 spiro atoms. The molecule has 0 radical (unpaired) electrons. The van der Waals surface area contributed by atoms with Gasteiger partial charge in [-0.15, -0.1) is 0 Å². The number of hydrogen-bond acceptors (Lipinski definition) is 5. The summed E-state index contributed by atoms with van der Waals surface area (Å²) in [6.45, 7) is -0.0743. The van der Waals surface area contributed by atoms with Crippen molar-refractivity contribution in [2.75, 3.05) is 31.5 Å². The fourth-order valence-corrected chi connectivity index (χ4v) is 2.06. The molecule has 0 saturated heterocycles. The summed E-state index contributed by atoms with van der Waals surface area (Å²) in [7, 11) is 2.96. The van der Waals surface area contributed by atoms with E-state index in [-0.39, 0.29) is 24.8 Å². The summed E-state index contributed by atoms with van der Waals surface area (Å²) in [6, 6.07) is 8.58. The lowest BCUT2D eigenvalue weighted by atomic mass is 10.2. The van der Waals surface area contributed by atoms with Crippen LogP contribution in [0, 0.1) is 0 Å². The van der Waals surface area contributed by atoms with Crippen LogP contribution in [0.1, 0.15) is 5.56 Å². The van der Waals surface area contributed by atoms with Gasteiger partial charge in [0.1, 0.15) is 12.4 Å². The monoisotopic (exact) mass is 329 g/mol. The number of nitrogens with one attached hydrogen (secondary N) is 2. The Hall–Kier alpha value is -2.93. The minimum atomic E-state index is -0.314. The van der Waals surface area contributed by atoms with Crippen molar-refractivity contribution in [3.63, 3.8) is 0 Å². The summed E-state index contributed by atoms with van der Waals surface area (Å²) in [5.41, 5.74) is 1.72. The first-order valence-electron chi connectivity index (χ1n) is 7.28. The molecule has 0 bridgehead atoms. The first-order chi connectivity index (χ1) is 11.6. The Bertz CT molecular complexity index is 704. The van der Waals surface area contributed by atoms with Gasteiger partial charge >= 0.3 is 0 Å². The molecule has 0 aliphatic carbocycles. The Morgan fingerprint density at radius 1 is 1.08 bits per heavy atom. The van der Waals surface area contributed by atoms with Crippen molar-refractivity contribution < 1.29 is 19.1 Å². The largest absolute Gasteiger partial charge is 0.497 e. The van der Waals surface area contributed by atoms with E-state index >= 15 is 0 Å². The van der Waals surface area contributed by atoms with Gasteiger partial charge in [0.15, 0.2) is 0 Å². The highest BCUT2D eigenvalue weighted by atomic mass is 16.5. The quantitative estimate of drug-likeness (QED) is 0.809. The molecule has 2 N–H and O–H groups in total. The van der Waals surface area contributed by atoms with Crippen LogP contribution in [-0.4, -0.2) is 37.6 Å². The number of benzene rings is 1. The van der Waals surface area contributed by atoms with E-state index in [2.05, 4.69) is 15.6 Å². The van der Waals surface area contributed by atoms with Gasteiger partial charge in [-0.3, -0.25) is 14.6 Å². The molecule has 0 unspecified atom stereocenters. The van der Waals surface area contributed by atoms with Crippen LogP contribution < -0.4 is 15.4 Å². The number of hydrogen-bond donors (Lipinski definition) is 2. The van der Waals surface area contributed by atoms with Gasteiger partial charge in [0.05, 0.1) is 24.9 Å². The predicted octanol–water partition coefficient (Wildman–Crippen LogP) is 1.86. The molecule has 1 aromatic carbocycles. The fraction of sp³-hybridized carbons (Fsp3) is 0.235. The van der Waals surface area contributed by atoms with Crippen molar-refractivity contribution in [1.29, 1.82) is 0 Å². The maximum atomic E-state index is 12.2. The van der Waals surface area contributed by atoms with Crippen LogP contribution in [0.4, 0.5) is 11.4 Å². The SMILES string of the molecule is COCC(=O)Nc1ccc(OC)cc1NC(=O)Cc1cccnc1. The molecule has 7 nitrogen and oxygen atoms in total. The van der Waals surface area contributed by atoms with E-state index in [1.807, 2.05) is 6.07 Å². The van der Waals surface area contributed by atoms with Crippen molar-refractivity contribution >= 4 is 23.2 Å². The van der Waals surface area contributed by atoms with E-state index in [0.29, 0.717) is 17.1 Å². The Morgan fingerprint density at radius 2 is 1.88 bits per heavy atom. The third-order valence-electron chi connectivity index (χ3n) is 3.14. The van der Waals surface area contributed by atoms with Crippen LogP contribution in [0.2, 0.25) is 0 Å². The number of anilines is 2. The molecule has 0 atom stereocenters. The van der Waals surface area contributed by atoms with Crippen LogP contribution in [0.15, 0.2) is 42.7 Å². The molecular weight excluding hydrogens is 310 g/mol. The van der Waals surface area contributed by atoms with Gasteiger partial charge in [0, 0.05) is 25.6 Å². The van der Waals surface area contributed by atoms with E-state index in [0.717, 1.165) is 5.56 Å². The first kappa shape index (κ1) is 17.4. The maximum Gasteiger partial charge on any atom is 0.250 e. The molecule has 1 heterocycles. The van der Waals surface area contributed by atoms with Crippen LogP contribution in [0.5, 0.6) is 5.75 Å². The van der Waals surface area contributed by atoms with Gasteiger partial charge in [0.2, 0.25) is 11.8 Å². The number of carbonyl (C=O) groups excluding carboxylic acids is 2. The molecule has 0 aliphatic rings. The molecule has 2 amide bonds. The summed E-state index contributed by atoms with van der Waals surface area (Å²) >= 11 is 0. The van der Waals surface area contributed by atoms with E-state index in [9.17, 15) is 9.59 Å². The summed E-state index contributed by atoms with van der Waals surface area (Å²) in [4.78, 5) is 27.9. The maximum absolute atomic E-state index is 12.2. The number of pyridine rings is 1. The van der Waals surface area contributed by atoms with E-state index < -0.39 is 0 Å². The molecular formula is C17H19N3O4. The molecule has 1 aromatic heterocycles. The Balaban J connectivity index is 2.13. The minimum absolute atomic E-state index is 0.0743. The molecule has 2 rings (SSSR count). The van der Waals surface area contributed by atoms with E-state index in [1.54, 1.807) is 36.7 Å². The zero-order valence-corrected chi connectivity index (χ0v) is 13.5. The second-order valence-electron chi connectivity index (χ2n) is 4.98. The molecule has 7 heteroatoms. The van der Waals surface area contributed by atoms with Gasteiger partial charge in [-0.2, -0.15) is 0 Å². The normalized spacial score (nSPS) is 10.1. The average molecular weight is 329 g/mol. The number of methoxy groups -OCH3 is 2. The van der Waals surface area contributed by atoms with Crippen molar-refractivity contribution in [3.05, 3.63) is 48.3 Å². The average Bonchev–Trinajstić information content (AvgIpc) is 2.57. The molecule has 0 fully saturated rings. The second kappa shape index (κ2) is 8.64. The highest BCUT2D eigenvalue weighted by molar-refractivity contribution is 6.00. The zero-order chi connectivity index (χ0) is 17.4. The second-order valence-corrected chi connectivity index (χ2v) is 4.98. The van der Waals surface area contributed by atoms with Crippen molar-refractivity contribution in [1.82, 2.24) is 4.98 Å². The Kier molecular flexibility index (Phi) is 6.27. The first-order valence-corrected chi connectivity index (χ1v) is 7.28. The number of aromatic nitrogens is 1. The standard InChI is InChI=1S/C17H19N3O4/c1-23-11-17(22)19-14-6-5-13(24-2)9-15(14)20-16(21)8-12-4-3-7-18-10-12/h3-7,9-10H,8,11H2,1-2H3,(H,19,22)(H,20,21). The minimum Gasteiger partial charge on any atom is -0.497 e. The Labute approximate surface area is 140 Å². The lowest BCUT2D eigenvalue weighted by Gasteiger charge is -2.13. The number of amides is 2. The number of nitrogens with zero attached hydrogens (tertiary/aromatic N) is 1. The third-order valence-corrected chi connectivity index (χ3v) is 3.14. The summed E-state index contributed by atoms with van der Waals surface area (Å²) in [6.07, 6.45) is 3.45. The number of carbonyl (C=O) groups is 2. The Morgan fingerprint density at radius 3 is 2.54 bits per heavy atom. The van der Waals surface area contributed by atoms with Crippen molar-refractivity contribution in [2.45, 2.75) is 6.42 Å². The molecule has 24 heavy (non-hydrogen) atoms. The van der Waals surface area contributed by atoms with E-state index in [1.165, 1.54) is 14.2 Å². The summed E-state index contributed by atoms with van der Waals surface area (Å²) in [5, 5.41) is 5.46. The highest BCUT2D eigenvalue weighted by Crippen LogP contribution is 2.27. The van der Waals surface area contributed by atoms with Gasteiger partial charge in [-0.1, -0.05) is 6.07 Å². The van der Waals surface area contributed by atoms with Gasteiger partial charge in [-0.05, 0) is 23.8 Å². The van der Waals surface area contributed by atoms with Crippen molar-refractivity contribution in [2.24, 2.45) is 0 Å².